The van der Waals surface area contributed by atoms with E-state index in [4.69, 9.17) is 5.73 Å². The molecule has 1 aliphatic rings. The lowest BCUT2D eigenvalue weighted by atomic mass is 9.84. The Morgan fingerprint density at radius 1 is 0.853 bits per heavy atom. The lowest BCUT2D eigenvalue weighted by Crippen LogP contribution is -2.30. The van der Waals surface area contributed by atoms with E-state index in [1.54, 1.807) is 12.1 Å². The fraction of sp³-hybridized carbons (Fsp3) is 0.308. The van der Waals surface area contributed by atoms with Gasteiger partial charge in [-0.15, -0.1) is 0 Å². The summed E-state index contributed by atoms with van der Waals surface area (Å²) in [5.41, 5.74) is 6.94. The smallest absolute Gasteiger partial charge is 0.241 e. The van der Waals surface area contributed by atoms with Crippen LogP contribution in [0.4, 0.5) is 11.8 Å². The second-order valence-electron chi connectivity index (χ2n) is 8.98. The maximum atomic E-state index is 12.9. The van der Waals surface area contributed by atoms with Crippen molar-refractivity contribution in [2.24, 2.45) is 5.92 Å². The largest absolute Gasteiger partial charge is 0.383 e. The van der Waals surface area contributed by atoms with Gasteiger partial charge >= 0.3 is 0 Å². The van der Waals surface area contributed by atoms with Crippen LogP contribution in [-0.2, 0) is 10.0 Å². The highest BCUT2D eigenvalue weighted by Crippen LogP contribution is 2.29. The van der Waals surface area contributed by atoms with E-state index < -0.39 is 10.0 Å². The third-order valence-electron chi connectivity index (χ3n) is 6.70. The zero-order valence-electron chi connectivity index (χ0n) is 18.9. The van der Waals surface area contributed by atoms with Crippen molar-refractivity contribution in [3.8, 4) is 0 Å². The Morgan fingerprint density at radius 3 is 2.38 bits per heavy atom. The van der Waals surface area contributed by atoms with Gasteiger partial charge in [-0.05, 0) is 61.6 Å². The van der Waals surface area contributed by atoms with Crippen LogP contribution in [0.3, 0.4) is 0 Å². The highest BCUT2D eigenvalue weighted by atomic mass is 32.2. The summed E-state index contributed by atoms with van der Waals surface area (Å²) in [5, 5.41) is 5.98. The molecule has 0 atom stereocenters. The van der Waals surface area contributed by atoms with Gasteiger partial charge in [-0.1, -0.05) is 48.5 Å². The molecule has 0 spiro atoms. The number of nitrogens with zero attached hydrogens (tertiary/aromatic N) is 2. The zero-order valence-corrected chi connectivity index (χ0v) is 19.8. The Bertz CT molecular complexity index is 1410. The molecule has 0 unspecified atom stereocenters. The summed E-state index contributed by atoms with van der Waals surface area (Å²) in [6.45, 7) is 0.443. The van der Waals surface area contributed by atoms with E-state index in [0.717, 1.165) is 53.8 Å². The number of nitrogens with one attached hydrogen (secondary N) is 2. The zero-order chi connectivity index (χ0) is 23.5. The van der Waals surface area contributed by atoms with Gasteiger partial charge in [0.25, 0.3) is 0 Å². The Hall–Kier alpha value is -3.23. The lowest BCUT2D eigenvalue weighted by molar-refractivity contribution is 0.321. The number of nitrogens with two attached hydrogens (primary N) is 1. The van der Waals surface area contributed by atoms with Gasteiger partial charge < -0.3 is 11.1 Å². The molecule has 1 fully saturated rings. The normalized spacial score (nSPS) is 18.8. The van der Waals surface area contributed by atoms with Crippen LogP contribution in [0.1, 0.15) is 32.1 Å². The molecule has 1 aromatic heterocycles. The standard InChI is InChI=1S/C26H29N5O2S/c27-25-22-9-3-4-10-23(22)30-26(31-25)29-20-14-12-18(13-15-20)16-17-28-34(32,33)24-11-5-7-19-6-1-2-8-21(19)24/h1-11,18,20,28H,12-17H2,(H3,27,29,30,31). The Morgan fingerprint density at radius 2 is 1.56 bits per heavy atom. The number of rotatable bonds is 7. The Balaban J connectivity index is 1.14. The summed E-state index contributed by atoms with van der Waals surface area (Å²) in [6.07, 6.45) is 4.90. The van der Waals surface area contributed by atoms with Crippen molar-refractivity contribution in [2.45, 2.75) is 43.0 Å². The molecular formula is C26H29N5O2S. The van der Waals surface area contributed by atoms with E-state index in [1.165, 1.54) is 0 Å². The quantitative estimate of drug-likeness (QED) is 0.357. The van der Waals surface area contributed by atoms with Crippen LogP contribution in [0.15, 0.2) is 71.6 Å². The number of fused-ring (bicyclic) bond motifs is 2. The van der Waals surface area contributed by atoms with Crippen molar-refractivity contribution in [1.29, 1.82) is 0 Å². The molecule has 4 N–H and O–H groups in total. The van der Waals surface area contributed by atoms with Gasteiger partial charge in [0.2, 0.25) is 16.0 Å². The molecular weight excluding hydrogens is 446 g/mol. The highest BCUT2D eigenvalue weighted by Gasteiger charge is 2.23. The number of para-hydroxylation sites is 1. The first kappa shape index (κ1) is 22.6. The molecule has 8 heteroatoms. The predicted octanol–water partition coefficient (Wildman–Crippen LogP) is 4.70. The molecule has 1 heterocycles. The third kappa shape index (κ3) is 4.83. The molecule has 1 saturated carbocycles. The number of aromatic nitrogens is 2. The predicted molar refractivity (Wildman–Crippen MR) is 137 cm³/mol. The highest BCUT2D eigenvalue weighted by molar-refractivity contribution is 7.89. The van der Waals surface area contributed by atoms with E-state index in [0.29, 0.717) is 35.2 Å². The Kier molecular flexibility index (Phi) is 6.34. The Labute approximate surface area is 199 Å². The van der Waals surface area contributed by atoms with E-state index >= 15 is 0 Å². The molecule has 0 aliphatic heterocycles. The first-order chi connectivity index (χ1) is 16.5. The number of hydrogen-bond donors (Lipinski definition) is 3. The van der Waals surface area contributed by atoms with Crippen LogP contribution >= 0.6 is 0 Å². The van der Waals surface area contributed by atoms with Crippen molar-refractivity contribution in [2.75, 3.05) is 17.6 Å². The number of hydrogen-bond acceptors (Lipinski definition) is 6. The van der Waals surface area contributed by atoms with Crippen molar-refractivity contribution < 1.29 is 8.42 Å². The summed E-state index contributed by atoms with van der Waals surface area (Å²) >= 11 is 0. The van der Waals surface area contributed by atoms with Gasteiger partial charge in [-0.25, -0.2) is 18.1 Å². The molecule has 7 nitrogen and oxygen atoms in total. The second-order valence-corrected chi connectivity index (χ2v) is 10.7. The van der Waals surface area contributed by atoms with E-state index in [-0.39, 0.29) is 0 Å². The van der Waals surface area contributed by atoms with Crippen LogP contribution in [0.25, 0.3) is 21.7 Å². The SMILES string of the molecule is Nc1nc(NC2CCC(CCNS(=O)(=O)c3cccc4ccccc34)CC2)nc2ccccc12. The maximum Gasteiger partial charge on any atom is 0.241 e. The van der Waals surface area contributed by atoms with E-state index in [1.807, 2.05) is 54.6 Å². The first-order valence-electron chi connectivity index (χ1n) is 11.8. The molecule has 34 heavy (non-hydrogen) atoms. The molecule has 0 radical (unpaired) electrons. The van der Waals surface area contributed by atoms with Gasteiger partial charge in [-0.3, -0.25) is 0 Å². The average Bonchev–Trinajstić information content (AvgIpc) is 2.85. The summed E-state index contributed by atoms with van der Waals surface area (Å²) in [4.78, 5) is 9.36. The lowest BCUT2D eigenvalue weighted by Gasteiger charge is -2.29. The topological polar surface area (TPSA) is 110 Å². The molecule has 0 saturated heterocycles. The molecule has 5 rings (SSSR count). The average molecular weight is 476 g/mol. The molecule has 176 valence electrons. The van der Waals surface area contributed by atoms with Crippen LogP contribution in [0.5, 0.6) is 0 Å². The van der Waals surface area contributed by atoms with E-state index in [9.17, 15) is 8.42 Å². The number of benzene rings is 3. The maximum absolute atomic E-state index is 12.9. The van der Waals surface area contributed by atoms with Gasteiger partial charge in [0.15, 0.2) is 0 Å². The second kappa shape index (κ2) is 9.56. The van der Waals surface area contributed by atoms with Crippen molar-refractivity contribution >= 4 is 43.5 Å². The van der Waals surface area contributed by atoms with Crippen LogP contribution in [0, 0.1) is 5.92 Å². The minimum absolute atomic E-state index is 0.296. The minimum Gasteiger partial charge on any atom is -0.383 e. The molecule has 4 aromatic rings. The summed E-state index contributed by atoms with van der Waals surface area (Å²) in [6, 6.07) is 21.0. The monoisotopic (exact) mass is 475 g/mol. The van der Waals surface area contributed by atoms with Gasteiger partial charge in [0, 0.05) is 23.4 Å². The summed E-state index contributed by atoms with van der Waals surface area (Å²) in [5.74, 6) is 1.55. The van der Waals surface area contributed by atoms with Gasteiger partial charge in [0.05, 0.1) is 10.4 Å². The molecule has 3 aromatic carbocycles. The van der Waals surface area contributed by atoms with Crippen molar-refractivity contribution in [3.63, 3.8) is 0 Å². The van der Waals surface area contributed by atoms with Crippen LogP contribution < -0.4 is 15.8 Å². The first-order valence-corrected chi connectivity index (χ1v) is 13.2. The fourth-order valence-electron chi connectivity index (χ4n) is 4.85. The number of sulfonamides is 1. The van der Waals surface area contributed by atoms with Gasteiger partial charge in [0.1, 0.15) is 5.82 Å². The van der Waals surface area contributed by atoms with Gasteiger partial charge in [-0.2, -0.15) is 4.98 Å². The molecule has 0 bridgehead atoms. The van der Waals surface area contributed by atoms with Crippen LogP contribution in [-0.4, -0.2) is 31.0 Å². The third-order valence-corrected chi connectivity index (χ3v) is 8.22. The fourth-order valence-corrected chi connectivity index (χ4v) is 6.12. The minimum atomic E-state index is -3.55. The van der Waals surface area contributed by atoms with Crippen LogP contribution in [0.2, 0.25) is 0 Å². The van der Waals surface area contributed by atoms with Crippen molar-refractivity contribution in [1.82, 2.24) is 14.7 Å². The number of anilines is 2. The summed E-state index contributed by atoms with van der Waals surface area (Å²) < 4.78 is 28.6. The summed E-state index contributed by atoms with van der Waals surface area (Å²) in [7, 11) is -3.55. The van der Waals surface area contributed by atoms with E-state index in [2.05, 4.69) is 20.0 Å². The van der Waals surface area contributed by atoms with Crippen molar-refractivity contribution in [3.05, 3.63) is 66.7 Å². The molecule has 0 amide bonds. The molecule has 1 aliphatic carbocycles. The number of nitrogen functional groups attached to an aromatic ring is 1.